The van der Waals surface area contributed by atoms with Gasteiger partial charge in [-0.3, -0.25) is 14.2 Å². The first kappa shape index (κ1) is 21.4. The van der Waals surface area contributed by atoms with Crippen LogP contribution in [0.4, 0.5) is 0 Å². The van der Waals surface area contributed by atoms with Crippen LogP contribution in [0.15, 0.2) is 58.5 Å². The summed E-state index contributed by atoms with van der Waals surface area (Å²) >= 11 is 2.92. The largest absolute Gasteiger partial charge is 0.454 e. The summed E-state index contributed by atoms with van der Waals surface area (Å²) in [5.74, 6) is 1.94. The molecule has 1 aliphatic heterocycles. The van der Waals surface area contributed by atoms with Crippen molar-refractivity contribution in [1.82, 2.24) is 9.55 Å². The van der Waals surface area contributed by atoms with Crippen molar-refractivity contribution in [2.45, 2.75) is 31.3 Å². The van der Waals surface area contributed by atoms with Crippen LogP contribution < -0.4 is 15.0 Å². The number of carbonyl (C=O) groups is 1. The van der Waals surface area contributed by atoms with E-state index in [-0.39, 0.29) is 23.9 Å². The molecule has 172 valence electrons. The van der Waals surface area contributed by atoms with Crippen molar-refractivity contribution in [2.24, 2.45) is 5.92 Å². The highest BCUT2D eigenvalue weighted by atomic mass is 32.2. The number of para-hydroxylation sites is 1. The highest BCUT2D eigenvalue weighted by molar-refractivity contribution is 7.99. The summed E-state index contributed by atoms with van der Waals surface area (Å²) in [6, 6.07) is 14.7. The van der Waals surface area contributed by atoms with Gasteiger partial charge in [-0.15, -0.1) is 11.3 Å². The Bertz CT molecular complexity index is 1480. The SMILES string of the molecule is C[C@H]1CCc2c(sc3nc(SCC(=O)c4ccc5c(c4)OCO5)n(-c4ccccc4)c(=O)c23)C1. The molecule has 0 saturated carbocycles. The lowest BCUT2D eigenvalue weighted by atomic mass is 9.89. The van der Waals surface area contributed by atoms with Gasteiger partial charge in [0.1, 0.15) is 4.83 Å². The predicted octanol–water partition coefficient (Wildman–Crippen LogP) is 5.28. The number of aromatic nitrogens is 2. The summed E-state index contributed by atoms with van der Waals surface area (Å²) in [6.45, 7) is 2.42. The molecule has 2 aliphatic rings. The van der Waals surface area contributed by atoms with E-state index in [1.54, 1.807) is 34.1 Å². The van der Waals surface area contributed by atoms with Crippen LogP contribution in [0.1, 0.15) is 34.1 Å². The second-order valence-corrected chi connectivity index (χ2v) is 10.7. The van der Waals surface area contributed by atoms with Crippen molar-refractivity contribution in [3.8, 4) is 17.2 Å². The average molecular weight is 491 g/mol. The molecule has 34 heavy (non-hydrogen) atoms. The molecule has 0 bridgehead atoms. The minimum Gasteiger partial charge on any atom is -0.454 e. The van der Waals surface area contributed by atoms with E-state index in [9.17, 15) is 9.59 Å². The maximum absolute atomic E-state index is 13.8. The first-order chi connectivity index (χ1) is 16.6. The van der Waals surface area contributed by atoms with E-state index in [2.05, 4.69) is 6.92 Å². The van der Waals surface area contributed by atoms with Crippen LogP contribution in [0.2, 0.25) is 0 Å². The number of ketones is 1. The van der Waals surface area contributed by atoms with Crippen LogP contribution >= 0.6 is 23.1 Å². The number of thiophene rings is 1. The van der Waals surface area contributed by atoms with Gasteiger partial charge in [-0.1, -0.05) is 36.9 Å². The number of ether oxygens (including phenoxy) is 2. The number of rotatable bonds is 5. The van der Waals surface area contributed by atoms with Crippen molar-refractivity contribution < 1.29 is 14.3 Å². The Hall–Kier alpha value is -3.10. The maximum Gasteiger partial charge on any atom is 0.267 e. The molecule has 6 nitrogen and oxygen atoms in total. The molecule has 2 aromatic carbocycles. The molecule has 0 spiro atoms. The number of hydrogen-bond acceptors (Lipinski definition) is 7. The first-order valence-electron chi connectivity index (χ1n) is 11.3. The van der Waals surface area contributed by atoms with Gasteiger partial charge in [0.05, 0.1) is 16.8 Å². The van der Waals surface area contributed by atoms with Crippen molar-refractivity contribution in [3.05, 3.63) is 74.9 Å². The van der Waals surface area contributed by atoms with Crippen LogP contribution in [-0.4, -0.2) is 27.9 Å². The van der Waals surface area contributed by atoms with Crippen molar-refractivity contribution in [3.63, 3.8) is 0 Å². The predicted molar refractivity (Wildman–Crippen MR) is 134 cm³/mol. The van der Waals surface area contributed by atoms with Crippen LogP contribution in [0.3, 0.4) is 0 Å². The summed E-state index contributed by atoms with van der Waals surface area (Å²) in [5.41, 5.74) is 2.41. The number of hydrogen-bond donors (Lipinski definition) is 0. The van der Waals surface area contributed by atoms with Crippen molar-refractivity contribution in [1.29, 1.82) is 0 Å². The number of carbonyl (C=O) groups excluding carboxylic acids is 1. The van der Waals surface area contributed by atoms with E-state index in [4.69, 9.17) is 14.5 Å². The number of Topliss-reactive ketones (excluding diaryl/α,β-unsaturated/α-hetero) is 1. The molecule has 0 radical (unpaired) electrons. The second-order valence-electron chi connectivity index (χ2n) is 8.68. The van der Waals surface area contributed by atoms with Crippen LogP contribution in [0.5, 0.6) is 11.5 Å². The number of aryl methyl sites for hydroxylation is 1. The second kappa shape index (κ2) is 8.60. The van der Waals surface area contributed by atoms with Gasteiger partial charge in [-0.05, 0) is 61.1 Å². The highest BCUT2D eigenvalue weighted by Gasteiger charge is 2.25. The van der Waals surface area contributed by atoms with Gasteiger partial charge in [0, 0.05) is 10.4 Å². The zero-order valence-electron chi connectivity index (χ0n) is 18.6. The van der Waals surface area contributed by atoms with Crippen LogP contribution in [0.25, 0.3) is 15.9 Å². The summed E-state index contributed by atoms with van der Waals surface area (Å²) in [7, 11) is 0. The standard InChI is InChI=1S/C26H22N2O4S2/c1-15-7-9-18-22(11-15)34-24-23(18)25(30)28(17-5-3-2-4-6-17)26(27-24)33-13-19(29)16-8-10-20-21(12-16)32-14-31-20/h2-6,8,10,12,15H,7,9,11,13-14H2,1H3/t15-/m0/s1. The number of benzene rings is 2. The Morgan fingerprint density at radius 3 is 2.85 bits per heavy atom. The lowest BCUT2D eigenvalue weighted by Crippen LogP contribution is -2.23. The molecule has 1 atom stereocenters. The number of nitrogens with zero attached hydrogens (tertiary/aromatic N) is 2. The molecular weight excluding hydrogens is 468 g/mol. The fourth-order valence-corrected chi connectivity index (χ4v) is 6.89. The third-order valence-electron chi connectivity index (χ3n) is 6.34. The monoisotopic (exact) mass is 490 g/mol. The molecule has 0 saturated heterocycles. The normalized spacial score (nSPS) is 16.6. The lowest BCUT2D eigenvalue weighted by Gasteiger charge is -2.17. The fourth-order valence-electron chi connectivity index (χ4n) is 4.56. The number of thioether (sulfide) groups is 1. The van der Waals surface area contributed by atoms with Crippen LogP contribution in [-0.2, 0) is 12.8 Å². The Balaban J connectivity index is 1.39. The maximum atomic E-state index is 13.8. The highest BCUT2D eigenvalue weighted by Crippen LogP contribution is 2.37. The molecular formula is C26H22N2O4S2. The van der Waals surface area contributed by atoms with E-state index in [1.807, 2.05) is 30.3 Å². The third kappa shape index (κ3) is 3.71. The summed E-state index contributed by atoms with van der Waals surface area (Å²) in [6.07, 6.45) is 2.99. The van der Waals surface area contributed by atoms with Crippen LogP contribution in [0, 0.1) is 5.92 Å². The Kier molecular flexibility index (Phi) is 5.42. The lowest BCUT2D eigenvalue weighted by molar-refractivity contribution is 0.102. The van der Waals surface area contributed by atoms with Gasteiger partial charge < -0.3 is 9.47 Å². The molecule has 0 amide bonds. The fraction of sp³-hybridized carbons (Fsp3) is 0.269. The quantitative estimate of drug-likeness (QED) is 0.215. The van der Waals surface area contributed by atoms with Gasteiger partial charge in [0.15, 0.2) is 22.4 Å². The van der Waals surface area contributed by atoms with Crippen molar-refractivity contribution >= 4 is 39.1 Å². The van der Waals surface area contributed by atoms with Gasteiger partial charge in [-0.2, -0.15) is 0 Å². The van der Waals surface area contributed by atoms with E-state index in [0.717, 1.165) is 40.7 Å². The average Bonchev–Trinajstić information content (AvgIpc) is 3.46. The van der Waals surface area contributed by atoms with E-state index in [1.165, 1.54) is 16.6 Å². The Morgan fingerprint density at radius 2 is 2.00 bits per heavy atom. The summed E-state index contributed by atoms with van der Waals surface area (Å²) in [4.78, 5) is 33.7. The molecule has 0 N–H and O–H groups in total. The van der Waals surface area contributed by atoms with Gasteiger partial charge in [0.25, 0.3) is 5.56 Å². The van der Waals surface area contributed by atoms with E-state index >= 15 is 0 Å². The van der Waals surface area contributed by atoms with E-state index < -0.39 is 0 Å². The zero-order chi connectivity index (χ0) is 23.2. The molecule has 2 aromatic heterocycles. The first-order valence-corrected chi connectivity index (χ1v) is 13.1. The number of fused-ring (bicyclic) bond motifs is 4. The molecule has 4 aromatic rings. The van der Waals surface area contributed by atoms with Crippen molar-refractivity contribution in [2.75, 3.05) is 12.5 Å². The minimum atomic E-state index is -0.0587. The molecule has 8 heteroatoms. The Labute approximate surface area is 204 Å². The minimum absolute atomic E-state index is 0.0544. The zero-order valence-corrected chi connectivity index (χ0v) is 20.2. The molecule has 0 unspecified atom stereocenters. The summed E-state index contributed by atoms with van der Waals surface area (Å²) < 4.78 is 12.4. The van der Waals surface area contributed by atoms with Gasteiger partial charge in [0.2, 0.25) is 6.79 Å². The molecule has 0 fully saturated rings. The topological polar surface area (TPSA) is 70.4 Å². The summed E-state index contributed by atoms with van der Waals surface area (Å²) in [5, 5.41) is 1.27. The smallest absolute Gasteiger partial charge is 0.267 e. The molecule has 3 heterocycles. The molecule has 6 rings (SSSR count). The Morgan fingerprint density at radius 1 is 1.18 bits per heavy atom. The third-order valence-corrected chi connectivity index (χ3v) is 8.43. The van der Waals surface area contributed by atoms with E-state index in [0.29, 0.717) is 28.1 Å². The van der Waals surface area contributed by atoms with Gasteiger partial charge in [-0.25, -0.2) is 4.98 Å². The van der Waals surface area contributed by atoms with Gasteiger partial charge >= 0.3 is 0 Å². The molecule has 1 aliphatic carbocycles.